The molecule has 2 fully saturated rings. The lowest BCUT2D eigenvalue weighted by Crippen LogP contribution is -2.52. The number of piperidine rings is 1. The molecule has 2 aromatic rings. The van der Waals surface area contributed by atoms with Gasteiger partial charge in [-0.25, -0.2) is 4.79 Å². The van der Waals surface area contributed by atoms with Crippen molar-refractivity contribution in [3.8, 4) is 0 Å². The molecule has 2 saturated heterocycles. The molecule has 3 heterocycles. The van der Waals surface area contributed by atoms with E-state index in [0.29, 0.717) is 25.9 Å². The summed E-state index contributed by atoms with van der Waals surface area (Å²) in [4.78, 5) is 42.6. The zero-order chi connectivity index (χ0) is 22.8. The number of anilines is 2. The number of ether oxygens (including phenoxy) is 1. The Bertz CT molecular complexity index is 1050. The molecule has 0 bridgehead atoms. The molecule has 3 aliphatic heterocycles. The normalized spacial score (nSPS) is 20.5. The van der Waals surface area contributed by atoms with Crippen LogP contribution >= 0.6 is 0 Å². The van der Waals surface area contributed by atoms with Crippen molar-refractivity contribution >= 4 is 29.3 Å². The van der Waals surface area contributed by atoms with Gasteiger partial charge in [0.25, 0.3) is 0 Å². The fraction of sp³-hybridized carbons (Fsp3) is 0.400. The summed E-state index contributed by atoms with van der Waals surface area (Å²) >= 11 is 0. The maximum Gasteiger partial charge on any atom is 0.410 e. The van der Waals surface area contributed by atoms with Gasteiger partial charge in [0.2, 0.25) is 11.8 Å². The molecule has 2 aromatic carbocycles. The van der Waals surface area contributed by atoms with Crippen molar-refractivity contribution in [1.82, 2.24) is 10.2 Å². The second-order valence-electron chi connectivity index (χ2n) is 8.70. The van der Waals surface area contributed by atoms with Crippen molar-refractivity contribution in [2.45, 2.75) is 31.9 Å². The Kier molecular flexibility index (Phi) is 5.90. The number of rotatable bonds is 4. The van der Waals surface area contributed by atoms with Crippen LogP contribution < -0.4 is 15.1 Å². The van der Waals surface area contributed by atoms with Gasteiger partial charge in [0, 0.05) is 56.1 Å². The molecule has 0 saturated carbocycles. The Hall–Kier alpha value is -3.55. The predicted octanol–water partition coefficient (Wildman–Crippen LogP) is 2.31. The minimum Gasteiger partial charge on any atom is -0.445 e. The van der Waals surface area contributed by atoms with Crippen LogP contribution in [0.3, 0.4) is 0 Å². The highest BCUT2D eigenvalue weighted by atomic mass is 16.6. The van der Waals surface area contributed by atoms with E-state index >= 15 is 0 Å². The lowest BCUT2D eigenvalue weighted by Gasteiger charge is -2.36. The first-order chi connectivity index (χ1) is 16.1. The van der Waals surface area contributed by atoms with Crippen LogP contribution in [0.5, 0.6) is 0 Å². The van der Waals surface area contributed by atoms with Gasteiger partial charge >= 0.3 is 6.09 Å². The van der Waals surface area contributed by atoms with E-state index in [1.807, 2.05) is 36.4 Å². The summed E-state index contributed by atoms with van der Waals surface area (Å²) in [5, 5.41) is 2.47. The smallest absolute Gasteiger partial charge is 0.410 e. The van der Waals surface area contributed by atoms with Crippen LogP contribution in [0, 0.1) is 0 Å². The first-order valence-corrected chi connectivity index (χ1v) is 11.5. The highest BCUT2D eigenvalue weighted by molar-refractivity contribution is 6.02. The van der Waals surface area contributed by atoms with Gasteiger partial charge in [-0.2, -0.15) is 0 Å². The van der Waals surface area contributed by atoms with Crippen LogP contribution in [0.1, 0.15) is 24.0 Å². The number of nitrogens with one attached hydrogen (secondary N) is 1. The number of carbonyl (C=O) groups is 3. The average Bonchev–Trinajstić information content (AvgIpc) is 3.27. The Morgan fingerprint density at radius 1 is 0.909 bits per heavy atom. The average molecular weight is 449 g/mol. The molecule has 3 aliphatic rings. The molecule has 8 heteroatoms. The van der Waals surface area contributed by atoms with Crippen molar-refractivity contribution in [2.75, 3.05) is 42.5 Å². The number of fused-ring (bicyclic) bond motifs is 1. The highest BCUT2D eigenvalue weighted by Gasteiger charge is 2.36. The predicted molar refractivity (Wildman–Crippen MR) is 124 cm³/mol. The third kappa shape index (κ3) is 4.37. The maximum atomic E-state index is 12.5. The van der Waals surface area contributed by atoms with Crippen molar-refractivity contribution < 1.29 is 19.1 Å². The number of piperazine rings is 1. The van der Waals surface area contributed by atoms with Crippen molar-refractivity contribution in [3.63, 3.8) is 0 Å². The summed E-state index contributed by atoms with van der Waals surface area (Å²) in [6, 6.07) is 15.6. The molecular weight excluding hydrogens is 420 g/mol. The fourth-order valence-corrected chi connectivity index (χ4v) is 4.98. The quantitative estimate of drug-likeness (QED) is 0.723. The zero-order valence-electron chi connectivity index (χ0n) is 18.5. The van der Waals surface area contributed by atoms with Crippen molar-refractivity contribution in [1.29, 1.82) is 0 Å². The fourth-order valence-electron chi connectivity index (χ4n) is 4.98. The van der Waals surface area contributed by atoms with Gasteiger partial charge in [-0.3, -0.25) is 14.9 Å². The number of imide groups is 1. The summed E-state index contributed by atoms with van der Waals surface area (Å²) in [5.74, 6) is -0.392. The minimum absolute atomic E-state index is 0.190. The van der Waals surface area contributed by atoms with E-state index < -0.39 is 0 Å². The monoisotopic (exact) mass is 448 g/mol. The minimum atomic E-state index is -0.296. The Balaban J connectivity index is 1.21. The zero-order valence-corrected chi connectivity index (χ0v) is 18.5. The summed E-state index contributed by atoms with van der Waals surface area (Å²) < 4.78 is 5.48. The third-order valence-electron chi connectivity index (χ3n) is 6.71. The largest absolute Gasteiger partial charge is 0.445 e. The van der Waals surface area contributed by atoms with E-state index in [4.69, 9.17) is 4.74 Å². The molecule has 1 N–H and O–H groups in total. The molecule has 3 amide bonds. The van der Waals surface area contributed by atoms with E-state index in [0.717, 1.165) is 37.3 Å². The van der Waals surface area contributed by atoms with Crippen LogP contribution in [0.4, 0.5) is 16.2 Å². The second-order valence-corrected chi connectivity index (χ2v) is 8.70. The molecule has 172 valence electrons. The molecule has 0 aromatic heterocycles. The molecule has 5 rings (SSSR count). The topological polar surface area (TPSA) is 82.2 Å². The van der Waals surface area contributed by atoms with Gasteiger partial charge in [-0.1, -0.05) is 36.4 Å². The van der Waals surface area contributed by atoms with E-state index in [1.54, 1.807) is 4.90 Å². The molecule has 1 atom stereocenters. The number of hydrogen-bond acceptors (Lipinski definition) is 6. The first kappa shape index (κ1) is 21.3. The number of nitrogens with zero attached hydrogens (tertiary/aromatic N) is 3. The Labute approximate surface area is 193 Å². The summed E-state index contributed by atoms with van der Waals surface area (Å²) in [6.07, 6.45) is 1.52. The third-order valence-corrected chi connectivity index (χ3v) is 6.71. The number of hydrogen-bond donors (Lipinski definition) is 1. The van der Waals surface area contributed by atoms with Gasteiger partial charge < -0.3 is 19.4 Å². The van der Waals surface area contributed by atoms with E-state index in [1.165, 1.54) is 11.3 Å². The maximum absolute atomic E-state index is 12.5. The van der Waals surface area contributed by atoms with E-state index in [9.17, 15) is 14.4 Å². The van der Waals surface area contributed by atoms with Crippen LogP contribution in [-0.4, -0.2) is 61.6 Å². The molecule has 33 heavy (non-hydrogen) atoms. The molecule has 1 unspecified atom stereocenters. The lowest BCUT2D eigenvalue weighted by atomic mass is 10.0. The van der Waals surface area contributed by atoms with Gasteiger partial charge in [-0.05, 0) is 30.5 Å². The van der Waals surface area contributed by atoms with Crippen LogP contribution in [0.15, 0.2) is 48.5 Å². The number of benzene rings is 2. The molecule has 8 nitrogen and oxygen atoms in total. The number of amides is 3. The van der Waals surface area contributed by atoms with E-state index in [2.05, 4.69) is 27.2 Å². The number of carbonyl (C=O) groups excluding carboxylic acids is 3. The molecule has 0 radical (unpaired) electrons. The van der Waals surface area contributed by atoms with Gasteiger partial charge in [0.05, 0.1) is 0 Å². The highest BCUT2D eigenvalue weighted by Crippen LogP contribution is 2.38. The first-order valence-electron chi connectivity index (χ1n) is 11.5. The van der Waals surface area contributed by atoms with Gasteiger partial charge in [0.15, 0.2) is 0 Å². The molecule has 0 aliphatic carbocycles. The van der Waals surface area contributed by atoms with Crippen molar-refractivity contribution in [2.24, 2.45) is 0 Å². The molecule has 0 spiro atoms. The van der Waals surface area contributed by atoms with Crippen LogP contribution in [0.2, 0.25) is 0 Å². The SMILES string of the molecule is O=C1CCC(N2CCc3c(N4CCN(C(=O)OCc5ccccc5)CC4)cccc32)C(=O)N1. The Morgan fingerprint density at radius 2 is 1.67 bits per heavy atom. The lowest BCUT2D eigenvalue weighted by molar-refractivity contribution is -0.134. The van der Waals surface area contributed by atoms with Crippen molar-refractivity contribution in [3.05, 3.63) is 59.7 Å². The standard InChI is InChI=1S/C25H28N4O4/c30-23-10-9-22(24(31)26-23)29-12-11-19-20(7-4-8-21(19)29)27-13-15-28(16-14-27)25(32)33-17-18-5-2-1-3-6-18/h1-8,22H,9-17H2,(H,26,30,31). The van der Waals surface area contributed by atoms with Gasteiger partial charge in [-0.15, -0.1) is 0 Å². The van der Waals surface area contributed by atoms with Crippen LogP contribution in [-0.2, 0) is 27.4 Å². The second kappa shape index (κ2) is 9.13. The van der Waals surface area contributed by atoms with Gasteiger partial charge in [0.1, 0.15) is 12.6 Å². The summed E-state index contributed by atoms with van der Waals surface area (Å²) in [6.45, 7) is 3.72. The van der Waals surface area contributed by atoms with Crippen LogP contribution in [0.25, 0.3) is 0 Å². The molecular formula is C25H28N4O4. The van der Waals surface area contributed by atoms with E-state index in [-0.39, 0.29) is 30.6 Å². The summed E-state index contributed by atoms with van der Waals surface area (Å²) in [5.41, 5.74) is 4.46. The summed E-state index contributed by atoms with van der Waals surface area (Å²) in [7, 11) is 0. The Morgan fingerprint density at radius 3 is 2.42 bits per heavy atom.